The number of halogens is 1. The molecule has 1 aromatic rings. The topological polar surface area (TPSA) is 63.3 Å². The van der Waals surface area contributed by atoms with Gasteiger partial charge in [0.2, 0.25) is 0 Å². The number of Topliss-reactive ketones (excluding diaryl/α,β-unsaturated/α-hetero) is 1. The predicted octanol–water partition coefficient (Wildman–Crippen LogP) is 1.61. The van der Waals surface area contributed by atoms with Crippen LogP contribution in [-0.2, 0) is 10.3 Å². The second-order valence-electron chi connectivity index (χ2n) is 3.72. The fraction of sp³-hybridized carbons (Fsp3) is 0.417. The highest BCUT2D eigenvalue weighted by Gasteiger charge is 2.43. The highest BCUT2D eigenvalue weighted by atomic mass is 35.5. The van der Waals surface area contributed by atoms with Crippen molar-refractivity contribution in [2.75, 3.05) is 0 Å². The van der Waals surface area contributed by atoms with Crippen LogP contribution >= 0.6 is 11.6 Å². The highest BCUT2D eigenvalue weighted by molar-refractivity contribution is 6.31. The van der Waals surface area contributed by atoms with Gasteiger partial charge in [0.15, 0.2) is 5.78 Å². The molecule has 0 radical (unpaired) electrons. The maximum Gasteiger partial charge on any atom is 0.185 e. The van der Waals surface area contributed by atoms with Crippen molar-refractivity contribution in [3.63, 3.8) is 0 Å². The first kappa shape index (κ1) is 7.43. The molecule has 1 aliphatic carbocycles. The SMILES string of the molecule is [2H]C1([2H])CC(N)(c2ccccc2Cl)C(=O)C(O)C1([2H])[2H]. The summed E-state index contributed by atoms with van der Waals surface area (Å²) in [5, 5.41) is 10.0. The number of aliphatic hydroxyl groups excluding tert-OH is 1. The Labute approximate surface area is 105 Å². The molecule has 0 aliphatic heterocycles. The van der Waals surface area contributed by atoms with Gasteiger partial charge in [-0.2, -0.15) is 0 Å². The minimum atomic E-state index is -2.70. The molecule has 1 aromatic carbocycles. The second kappa shape index (κ2) is 4.17. The number of hydrogen-bond acceptors (Lipinski definition) is 3. The van der Waals surface area contributed by atoms with Crippen LogP contribution in [0.3, 0.4) is 0 Å². The number of ketones is 1. The number of aliphatic hydroxyl groups is 1. The molecule has 16 heavy (non-hydrogen) atoms. The van der Waals surface area contributed by atoms with E-state index in [-0.39, 0.29) is 10.6 Å². The predicted molar refractivity (Wildman–Crippen MR) is 62.2 cm³/mol. The average Bonchev–Trinajstić information content (AvgIpc) is 2.35. The molecule has 4 heteroatoms. The van der Waals surface area contributed by atoms with Crippen molar-refractivity contribution in [3.05, 3.63) is 34.9 Å². The van der Waals surface area contributed by atoms with Gasteiger partial charge < -0.3 is 10.8 Å². The largest absolute Gasteiger partial charge is 0.385 e. The molecule has 0 bridgehead atoms. The van der Waals surface area contributed by atoms with Gasteiger partial charge in [-0.25, -0.2) is 0 Å². The van der Waals surface area contributed by atoms with E-state index in [4.69, 9.17) is 22.8 Å². The Morgan fingerprint density at radius 3 is 2.94 bits per heavy atom. The minimum absolute atomic E-state index is 0.175. The molecule has 0 aromatic heterocycles. The van der Waals surface area contributed by atoms with Crippen LogP contribution in [0.5, 0.6) is 0 Å². The van der Waals surface area contributed by atoms with E-state index in [2.05, 4.69) is 0 Å². The van der Waals surface area contributed by atoms with Crippen LogP contribution in [0.25, 0.3) is 0 Å². The van der Waals surface area contributed by atoms with Gasteiger partial charge in [-0.05, 0) is 30.8 Å². The Balaban J connectivity index is 2.59. The molecule has 3 N–H and O–H groups in total. The van der Waals surface area contributed by atoms with Crippen LogP contribution < -0.4 is 5.73 Å². The zero-order chi connectivity index (χ0) is 15.3. The molecule has 1 aliphatic rings. The third-order valence-corrected chi connectivity index (χ3v) is 2.98. The summed E-state index contributed by atoms with van der Waals surface area (Å²) in [7, 11) is 0. The van der Waals surface area contributed by atoms with Crippen molar-refractivity contribution < 1.29 is 15.4 Å². The average molecular weight is 244 g/mol. The van der Waals surface area contributed by atoms with Crippen molar-refractivity contribution in [2.45, 2.75) is 30.8 Å². The Morgan fingerprint density at radius 1 is 1.56 bits per heavy atom. The normalized spacial score (nSPS) is 40.4. The Morgan fingerprint density at radius 2 is 2.25 bits per heavy atom. The van der Waals surface area contributed by atoms with Gasteiger partial charge in [0.25, 0.3) is 0 Å². The standard InChI is InChI=1S/C12H14ClNO2/c13-9-5-2-1-4-8(9)12(14)7-3-6-10(15)11(12)16/h1-2,4-5,10,15H,3,6-7,14H2/i3D2,6D2. The van der Waals surface area contributed by atoms with Crippen LogP contribution in [-0.4, -0.2) is 17.0 Å². The maximum absolute atomic E-state index is 12.3. The Hall–Kier alpha value is -0.900. The first-order valence-electron chi connectivity index (χ1n) is 6.80. The van der Waals surface area contributed by atoms with E-state index in [1.165, 1.54) is 12.1 Å². The number of carbonyl (C=O) groups is 1. The van der Waals surface area contributed by atoms with Crippen molar-refractivity contribution in [1.29, 1.82) is 0 Å². The first-order chi connectivity index (χ1) is 9.04. The van der Waals surface area contributed by atoms with Gasteiger partial charge >= 0.3 is 0 Å². The molecule has 1 saturated carbocycles. The van der Waals surface area contributed by atoms with E-state index in [1.807, 2.05) is 0 Å². The third kappa shape index (κ3) is 1.75. The molecule has 86 valence electrons. The lowest BCUT2D eigenvalue weighted by molar-refractivity contribution is -0.136. The van der Waals surface area contributed by atoms with Crippen LogP contribution in [0.2, 0.25) is 5.02 Å². The lowest BCUT2D eigenvalue weighted by Crippen LogP contribution is -2.52. The van der Waals surface area contributed by atoms with Gasteiger partial charge in [0.05, 0.1) is 0 Å². The summed E-state index contributed by atoms with van der Waals surface area (Å²) in [6.07, 6.45) is -7.90. The maximum atomic E-state index is 12.3. The van der Waals surface area contributed by atoms with Gasteiger partial charge in [-0.15, -0.1) is 0 Å². The molecular formula is C12H14ClNO2. The lowest BCUT2D eigenvalue weighted by atomic mass is 9.75. The summed E-state index contributed by atoms with van der Waals surface area (Å²) >= 11 is 5.99. The number of benzene rings is 1. The smallest absolute Gasteiger partial charge is 0.185 e. The van der Waals surface area contributed by atoms with E-state index in [9.17, 15) is 9.90 Å². The molecule has 0 spiro atoms. The van der Waals surface area contributed by atoms with Crippen LogP contribution in [0.15, 0.2) is 24.3 Å². The fourth-order valence-corrected chi connectivity index (χ4v) is 2.04. The molecule has 0 heterocycles. The molecule has 1 fully saturated rings. The van der Waals surface area contributed by atoms with Crippen molar-refractivity contribution >= 4 is 17.4 Å². The number of rotatable bonds is 1. The van der Waals surface area contributed by atoms with Gasteiger partial charge in [-0.1, -0.05) is 29.8 Å². The molecule has 0 amide bonds. The van der Waals surface area contributed by atoms with E-state index in [0.717, 1.165) is 0 Å². The Kier molecular flexibility index (Phi) is 1.93. The Bertz CT molecular complexity index is 566. The summed E-state index contributed by atoms with van der Waals surface area (Å²) in [6.45, 7) is 0. The molecule has 2 unspecified atom stereocenters. The second-order valence-corrected chi connectivity index (χ2v) is 4.12. The van der Waals surface area contributed by atoms with Gasteiger partial charge in [0, 0.05) is 10.5 Å². The van der Waals surface area contributed by atoms with Gasteiger partial charge in [0.1, 0.15) is 11.6 Å². The number of carbonyl (C=O) groups excluding carboxylic acids is 1. The molecular weight excluding hydrogens is 226 g/mol. The fourth-order valence-electron chi connectivity index (χ4n) is 1.73. The van der Waals surface area contributed by atoms with Crippen LogP contribution in [0.1, 0.15) is 30.2 Å². The molecule has 2 rings (SSSR count). The number of hydrogen-bond donors (Lipinski definition) is 2. The summed E-state index contributed by atoms with van der Waals surface area (Å²) in [5.41, 5.74) is 4.34. The van der Waals surface area contributed by atoms with Crippen molar-refractivity contribution in [3.8, 4) is 0 Å². The van der Waals surface area contributed by atoms with Crippen molar-refractivity contribution in [1.82, 2.24) is 0 Å². The first-order valence-corrected chi connectivity index (χ1v) is 5.18. The van der Waals surface area contributed by atoms with E-state index in [0.29, 0.717) is 0 Å². The van der Waals surface area contributed by atoms with Crippen LogP contribution in [0, 0.1) is 0 Å². The molecule has 0 saturated heterocycles. The van der Waals surface area contributed by atoms with Crippen LogP contribution in [0.4, 0.5) is 0 Å². The lowest BCUT2D eigenvalue weighted by Gasteiger charge is -2.35. The monoisotopic (exact) mass is 243 g/mol. The summed E-state index contributed by atoms with van der Waals surface area (Å²) in [6, 6.07) is 6.20. The quantitative estimate of drug-likeness (QED) is 0.788. The molecule has 2 atom stereocenters. The minimum Gasteiger partial charge on any atom is -0.385 e. The van der Waals surface area contributed by atoms with E-state index < -0.39 is 36.6 Å². The van der Waals surface area contributed by atoms with Gasteiger partial charge in [-0.3, -0.25) is 4.79 Å². The third-order valence-electron chi connectivity index (χ3n) is 2.65. The van der Waals surface area contributed by atoms with Crippen molar-refractivity contribution in [2.24, 2.45) is 5.73 Å². The summed E-state index contributed by atoms with van der Waals surface area (Å²) in [4.78, 5) is 12.3. The number of nitrogens with two attached hydrogens (primary N) is 1. The van der Waals surface area contributed by atoms with E-state index >= 15 is 0 Å². The zero-order valence-electron chi connectivity index (χ0n) is 12.4. The summed E-state index contributed by atoms with van der Waals surface area (Å²) in [5.74, 6) is -0.967. The molecule has 3 nitrogen and oxygen atoms in total. The van der Waals surface area contributed by atoms with E-state index in [1.54, 1.807) is 12.1 Å². The summed E-state index contributed by atoms with van der Waals surface area (Å²) < 4.78 is 30.7. The highest BCUT2D eigenvalue weighted by Crippen LogP contribution is 2.35. The zero-order valence-corrected chi connectivity index (χ0v) is 9.16.